The number of anilines is 2. The summed E-state index contributed by atoms with van der Waals surface area (Å²) in [5, 5.41) is 7.91. The van der Waals surface area contributed by atoms with Crippen LogP contribution in [0.15, 0.2) is 66.7 Å². The summed E-state index contributed by atoms with van der Waals surface area (Å²) in [6, 6.07) is 22.0. The highest BCUT2D eigenvalue weighted by Crippen LogP contribution is 2.40. The number of methoxy groups -OCH3 is 1. The van der Waals surface area contributed by atoms with Gasteiger partial charge in [0.1, 0.15) is 5.75 Å². The van der Waals surface area contributed by atoms with Crippen molar-refractivity contribution in [3.05, 3.63) is 72.3 Å². The van der Waals surface area contributed by atoms with E-state index >= 15 is 0 Å². The zero-order valence-electron chi connectivity index (χ0n) is 18.4. The van der Waals surface area contributed by atoms with Crippen LogP contribution in [0.5, 0.6) is 5.75 Å². The Kier molecular flexibility index (Phi) is 5.94. The van der Waals surface area contributed by atoms with E-state index in [4.69, 9.17) is 4.74 Å². The zero-order chi connectivity index (χ0) is 22.8. The first-order valence-corrected chi connectivity index (χ1v) is 12.7. The van der Waals surface area contributed by atoms with E-state index in [1.165, 1.54) is 5.56 Å². The van der Waals surface area contributed by atoms with E-state index in [1.807, 2.05) is 47.0 Å². The fourth-order valence-electron chi connectivity index (χ4n) is 3.94. The number of pyridine rings is 1. The zero-order valence-corrected chi connectivity index (χ0v) is 19.2. The Balaban J connectivity index is 1.33. The minimum atomic E-state index is -2.36. The number of nitrogens with one attached hydrogen (secondary N) is 1. The maximum Gasteiger partial charge on any atom is 0.247 e. The average molecular weight is 466 g/mol. The first-order chi connectivity index (χ1) is 16.0. The third-order valence-electron chi connectivity index (χ3n) is 5.83. The highest BCUT2D eigenvalue weighted by molar-refractivity contribution is 8.24. The third-order valence-corrected chi connectivity index (χ3v) is 7.50. The Morgan fingerprint density at radius 1 is 0.970 bits per heavy atom. The average Bonchev–Trinajstić information content (AvgIpc) is 3.24. The van der Waals surface area contributed by atoms with Crippen LogP contribution >= 0.6 is 10.6 Å². The van der Waals surface area contributed by atoms with E-state index in [2.05, 4.69) is 44.6 Å². The predicted octanol–water partition coefficient (Wildman–Crippen LogP) is 4.71. The lowest BCUT2D eigenvalue weighted by Crippen LogP contribution is -2.37. The highest BCUT2D eigenvalue weighted by atomic mass is 32.3. The van der Waals surface area contributed by atoms with E-state index < -0.39 is 10.6 Å². The van der Waals surface area contributed by atoms with Gasteiger partial charge in [-0.05, 0) is 42.0 Å². The molecule has 0 amide bonds. The molecule has 2 aromatic carbocycles. The number of hydrogen-bond acceptors (Lipinski definition) is 7. The Labute approximate surface area is 194 Å². The number of nitrogens with zero attached hydrogens (tertiary/aromatic N) is 4. The second kappa shape index (κ2) is 9.03. The van der Waals surface area contributed by atoms with Crippen LogP contribution in [-0.4, -0.2) is 60.3 Å². The van der Waals surface area contributed by atoms with Gasteiger partial charge in [0.05, 0.1) is 24.3 Å². The molecule has 1 fully saturated rings. The molecule has 8 nitrogen and oxygen atoms in total. The van der Waals surface area contributed by atoms with Gasteiger partial charge < -0.3 is 10.1 Å². The number of benzene rings is 2. The van der Waals surface area contributed by atoms with Crippen molar-refractivity contribution in [2.24, 2.45) is 0 Å². The van der Waals surface area contributed by atoms with E-state index in [0.717, 1.165) is 34.9 Å². The Hall–Kier alpha value is -3.11. The fourth-order valence-corrected chi connectivity index (χ4v) is 5.25. The number of aromatic nitrogens is 3. The van der Waals surface area contributed by atoms with Crippen LogP contribution in [0.3, 0.4) is 0 Å². The van der Waals surface area contributed by atoms with Gasteiger partial charge in [-0.25, -0.2) is 4.52 Å². The maximum absolute atomic E-state index is 9.80. The van der Waals surface area contributed by atoms with Crippen molar-refractivity contribution in [1.82, 2.24) is 19.5 Å². The lowest BCUT2D eigenvalue weighted by molar-refractivity contribution is 0.278. The van der Waals surface area contributed by atoms with Crippen molar-refractivity contribution in [2.75, 3.05) is 37.0 Å². The predicted molar refractivity (Wildman–Crippen MR) is 133 cm³/mol. The summed E-state index contributed by atoms with van der Waals surface area (Å²) in [6.45, 7) is 2.23. The van der Waals surface area contributed by atoms with E-state index in [9.17, 15) is 9.11 Å². The van der Waals surface area contributed by atoms with Crippen molar-refractivity contribution in [3.63, 3.8) is 0 Å². The quantitative estimate of drug-likeness (QED) is 0.379. The lowest BCUT2D eigenvalue weighted by atomic mass is 10.1. The van der Waals surface area contributed by atoms with Gasteiger partial charge in [-0.1, -0.05) is 30.3 Å². The molecular formula is C24H27N5O3S. The van der Waals surface area contributed by atoms with Gasteiger partial charge in [0.25, 0.3) is 0 Å². The SMILES string of the molecule is COc1ccc(Nc2nc3cccc(-c4ccc(CN5CCS(O)(O)CC5)cc4)n3n2)cc1. The smallest absolute Gasteiger partial charge is 0.247 e. The molecule has 0 spiro atoms. The van der Waals surface area contributed by atoms with Crippen molar-refractivity contribution < 1.29 is 13.8 Å². The molecule has 0 unspecified atom stereocenters. The minimum Gasteiger partial charge on any atom is -0.497 e. The molecule has 172 valence electrons. The van der Waals surface area contributed by atoms with Crippen LogP contribution < -0.4 is 10.1 Å². The molecule has 3 heterocycles. The van der Waals surface area contributed by atoms with Crippen LogP contribution in [-0.2, 0) is 6.54 Å². The second-order valence-corrected chi connectivity index (χ2v) is 10.6. The Morgan fingerprint density at radius 3 is 2.39 bits per heavy atom. The summed E-state index contributed by atoms with van der Waals surface area (Å²) >= 11 is 0. The molecule has 1 saturated heterocycles. The number of ether oxygens (including phenoxy) is 1. The molecule has 0 bridgehead atoms. The van der Waals surface area contributed by atoms with Crippen LogP contribution in [0.2, 0.25) is 0 Å². The summed E-state index contributed by atoms with van der Waals surface area (Å²) in [6.07, 6.45) is 0. The van der Waals surface area contributed by atoms with E-state index in [0.29, 0.717) is 30.5 Å². The molecule has 1 aliphatic rings. The Morgan fingerprint density at radius 2 is 1.70 bits per heavy atom. The molecule has 33 heavy (non-hydrogen) atoms. The standard InChI is InChI=1S/C24H27N5O3S/c1-32-21-11-9-20(10-12-21)25-24-26-23-4-2-3-22(29(23)27-24)19-7-5-18(6-8-19)17-28-13-15-33(30,31)16-14-28/h2-12,30-31H,13-17H2,1H3,(H,25,27). The normalized spacial score (nSPS) is 17.1. The van der Waals surface area contributed by atoms with E-state index in [-0.39, 0.29) is 0 Å². The molecule has 0 radical (unpaired) electrons. The molecule has 4 aromatic rings. The van der Waals surface area contributed by atoms with Crippen molar-refractivity contribution in [1.29, 1.82) is 0 Å². The van der Waals surface area contributed by atoms with Gasteiger partial charge in [-0.3, -0.25) is 14.0 Å². The molecule has 0 atom stereocenters. The molecular weight excluding hydrogens is 438 g/mol. The van der Waals surface area contributed by atoms with Crippen LogP contribution in [0.1, 0.15) is 5.56 Å². The molecule has 5 rings (SSSR count). The largest absolute Gasteiger partial charge is 0.497 e. The monoisotopic (exact) mass is 465 g/mol. The van der Waals surface area contributed by atoms with E-state index in [1.54, 1.807) is 7.11 Å². The maximum atomic E-state index is 9.80. The van der Waals surface area contributed by atoms with Gasteiger partial charge >= 0.3 is 0 Å². The molecule has 9 heteroatoms. The molecule has 3 N–H and O–H groups in total. The topological polar surface area (TPSA) is 95.2 Å². The Bertz CT molecular complexity index is 1230. The van der Waals surface area contributed by atoms with Crippen molar-refractivity contribution in [2.45, 2.75) is 6.54 Å². The van der Waals surface area contributed by atoms with Gasteiger partial charge in [-0.15, -0.1) is 5.10 Å². The van der Waals surface area contributed by atoms with Crippen molar-refractivity contribution in [3.8, 4) is 17.0 Å². The second-order valence-electron chi connectivity index (χ2n) is 8.15. The van der Waals surface area contributed by atoms with Gasteiger partial charge in [0, 0.05) is 30.9 Å². The summed E-state index contributed by atoms with van der Waals surface area (Å²) in [5.74, 6) is 2.25. The molecule has 2 aromatic heterocycles. The van der Waals surface area contributed by atoms with Gasteiger partial charge in [-0.2, -0.15) is 15.6 Å². The fraction of sp³-hybridized carbons (Fsp3) is 0.250. The lowest BCUT2D eigenvalue weighted by Gasteiger charge is -2.41. The molecule has 1 aliphatic heterocycles. The molecule has 0 aliphatic carbocycles. The number of fused-ring (bicyclic) bond motifs is 1. The highest BCUT2D eigenvalue weighted by Gasteiger charge is 2.22. The number of rotatable bonds is 6. The summed E-state index contributed by atoms with van der Waals surface area (Å²) < 4.78 is 26.7. The minimum absolute atomic E-state index is 0.465. The first kappa shape index (κ1) is 21.7. The van der Waals surface area contributed by atoms with Crippen LogP contribution in [0.4, 0.5) is 11.6 Å². The summed E-state index contributed by atoms with van der Waals surface area (Å²) in [7, 11) is -0.717. The number of hydrogen-bond donors (Lipinski definition) is 3. The van der Waals surface area contributed by atoms with Gasteiger partial charge in [0.15, 0.2) is 5.65 Å². The summed E-state index contributed by atoms with van der Waals surface area (Å²) in [4.78, 5) is 6.87. The van der Waals surface area contributed by atoms with Crippen LogP contribution in [0, 0.1) is 0 Å². The van der Waals surface area contributed by atoms with Crippen LogP contribution in [0.25, 0.3) is 16.9 Å². The van der Waals surface area contributed by atoms with Gasteiger partial charge in [0.2, 0.25) is 5.95 Å². The third kappa shape index (κ3) is 4.96. The summed E-state index contributed by atoms with van der Waals surface area (Å²) in [5.41, 5.74) is 4.86. The first-order valence-electron chi connectivity index (χ1n) is 10.8. The molecule has 0 saturated carbocycles. The van der Waals surface area contributed by atoms with Crippen molar-refractivity contribution >= 4 is 27.9 Å².